The predicted octanol–water partition coefficient (Wildman–Crippen LogP) is 3.56. The summed E-state index contributed by atoms with van der Waals surface area (Å²) in [4.78, 5) is 4.22. The number of aromatic nitrogens is 2. The van der Waals surface area contributed by atoms with Crippen molar-refractivity contribution < 1.29 is 14.0 Å². The van der Waals surface area contributed by atoms with Gasteiger partial charge in [-0.15, -0.1) is 0 Å². The van der Waals surface area contributed by atoms with E-state index >= 15 is 0 Å². The van der Waals surface area contributed by atoms with Gasteiger partial charge in [0.2, 0.25) is 5.82 Å². The molecule has 20 heavy (non-hydrogen) atoms. The van der Waals surface area contributed by atoms with Gasteiger partial charge in [-0.25, -0.2) is 4.39 Å². The standard InChI is InChI=1S/C15H11FN2O2/c1-9-5-11(7-12(16)6-9)14-17-15(20-18-14)10-3-2-4-13(19)8-10/h2-8,19H,1H3. The van der Waals surface area contributed by atoms with Crippen molar-refractivity contribution in [1.82, 2.24) is 10.1 Å². The average molecular weight is 270 g/mol. The van der Waals surface area contributed by atoms with Gasteiger partial charge in [0.1, 0.15) is 11.6 Å². The third-order valence-corrected chi connectivity index (χ3v) is 2.82. The molecule has 0 spiro atoms. The van der Waals surface area contributed by atoms with Gasteiger partial charge in [0.15, 0.2) is 0 Å². The number of nitrogens with zero attached hydrogens (tertiary/aromatic N) is 2. The van der Waals surface area contributed by atoms with E-state index in [2.05, 4.69) is 10.1 Å². The minimum absolute atomic E-state index is 0.115. The number of rotatable bonds is 2. The zero-order valence-electron chi connectivity index (χ0n) is 10.7. The molecule has 2 aromatic carbocycles. The van der Waals surface area contributed by atoms with E-state index in [4.69, 9.17) is 4.52 Å². The van der Waals surface area contributed by atoms with Crippen molar-refractivity contribution in [3.63, 3.8) is 0 Å². The molecule has 1 aromatic heterocycles. The van der Waals surface area contributed by atoms with E-state index in [-0.39, 0.29) is 17.5 Å². The molecule has 3 rings (SSSR count). The minimum atomic E-state index is -0.344. The molecule has 0 saturated carbocycles. The molecule has 100 valence electrons. The van der Waals surface area contributed by atoms with Crippen molar-refractivity contribution in [3.8, 4) is 28.6 Å². The fourth-order valence-electron chi connectivity index (χ4n) is 1.96. The van der Waals surface area contributed by atoms with Gasteiger partial charge in [-0.2, -0.15) is 4.98 Å². The molecule has 0 saturated heterocycles. The molecule has 0 amide bonds. The second-order valence-corrected chi connectivity index (χ2v) is 4.49. The van der Waals surface area contributed by atoms with Crippen LogP contribution in [0.1, 0.15) is 5.56 Å². The lowest BCUT2D eigenvalue weighted by atomic mass is 10.1. The Bertz CT molecular complexity index is 748. The van der Waals surface area contributed by atoms with Crippen LogP contribution in [-0.2, 0) is 0 Å². The van der Waals surface area contributed by atoms with E-state index in [1.807, 2.05) is 0 Å². The maximum Gasteiger partial charge on any atom is 0.258 e. The number of aryl methyl sites for hydroxylation is 1. The lowest BCUT2D eigenvalue weighted by Gasteiger charge is -1.97. The van der Waals surface area contributed by atoms with E-state index in [1.54, 1.807) is 31.2 Å². The van der Waals surface area contributed by atoms with Gasteiger partial charge in [-0.05, 0) is 48.9 Å². The summed E-state index contributed by atoms with van der Waals surface area (Å²) in [6, 6.07) is 11.1. The Hall–Kier alpha value is -2.69. The van der Waals surface area contributed by atoms with Gasteiger partial charge < -0.3 is 9.63 Å². The maximum atomic E-state index is 13.4. The molecule has 0 aliphatic heterocycles. The van der Waals surface area contributed by atoms with Gasteiger partial charge in [-0.1, -0.05) is 11.2 Å². The third kappa shape index (κ3) is 2.38. The summed E-state index contributed by atoms with van der Waals surface area (Å²) in [5.74, 6) is 0.358. The normalized spacial score (nSPS) is 10.7. The van der Waals surface area contributed by atoms with Crippen molar-refractivity contribution in [2.24, 2.45) is 0 Å². The van der Waals surface area contributed by atoms with Crippen LogP contribution in [0.15, 0.2) is 47.0 Å². The van der Waals surface area contributed by atoms with Crippen LogP contribution in [0, 0.1) is 12.7 Å². The highest BCUT2D eigenvalue weighted by atomic mass is 19.1. The monoisotopic (exact) mass is 270 g/mol. The van der Waals surface area contributed by atoms with Crippen LogP contribution < -0.4 is 0 Å². The van der Waals surface area contributed by atoms with Crippen LogP contribution >= 0.6 is 0 Å². The molecule has 0 fully saturated rings. The number of hydrogen-bond acceptors (Lipinski definition) is 4. The molecule has 5 heteroatoms. The largest absolute Gasteiger partial charge is 0.508 e. The second kappa shape index (κ2) is 4.77. The summed E-state index contributed by atoms with van der Waals surface area (Å²) in [5, 5.41) is 13.3. The van der Waals surface area contributed by atoms with Gasteiger partial charge in [0, 0.05) is 11.1 Å². The van der Waals surface area contributed by atoms with Gasteiger partial charge in [0.05, 0.1) is 0 Å². The molecule has 0 unspecified atom stereocenters. The van der Waals surface area contributed by atoms with E-state index in [1.165, 1.54) is 18.2 Å². The summed E-state index contributed by atoms with van der Waals surface area (Å²) >= 11 is 0. The number of phenolic OH excluding ortho intramolecular Hbond substituents is 1. The predicted molar refractivity (Wildman–Crippen MR) is 71.5 cm³/mol. The Morgan fingerprint density at radius 1 is 1.10 bits per heavy atom. The van der Waals surface area contributed by atoms with Crippen LogP contribution in [0.25, 0.3) is 22.8 Å². The van der Waals surface area contributed by atoms with E-state index in [9.17, 15) is 9.50 Å². The fraction of sp³-hybridized carbons (Fsp3) is 0.0667. The summed E-state index contributed by atoms with van der Waals surface area (Å²) in [5.41, 5.74) is 1.94. The van der Waals surface area contributed by atoms with Crippen LogP contribution in [0.5, 0.6) is 5.75 Å². The SMILES string of the molecule is Cc1cc(F)cc(-c2noc(-c3cccc(O)c3)n2)c1. The molecular formula is C15H11FN2O2. The lowest BCUT2D eigenvalue weighted by molar-refractivity contribution is 0.431. The smallest absolute Gasteiger partial charge is 0.258 e. The molecule has 3 aromatic rings. The van der Waals surface area contributed by atoms with Crippen molar-refractivity contribution in [2.75, 3.05) is 0 Å². The van der Waals surface area contributed by atoms with Gasteiger partial charge in [0.25, 0.3) is 5.89 Å². The van der Waals surface area contributed by atoms with Crippen LogP contribution in [0.3, 0.4) is 0 Å². The van der Waals surface area contributed by atoms with Crippen molar-refractivity contribution in [1.29, 1.82) is 0 Å². The first-order valence-corrected chi connectivity index (χ1v) is 6.02. The first-order valence-electron chi connectivity index (χ1n) is 6.02. The average Bonchev–Trinajstić information content (AvgIpc) is 2.87. The van der Waals surface area contributed by atoms with E-state index < -0.39 is 0 Å². The highest BCUT2D eigenvalue weighted by Gasteiger charge is 2.12. The Morgan fingerprint density at radius 2 is 1.95 bits per heavy atom. The zero-order valence-corrected chi connectivity index (χ0v) is 10.7. The molecule has 0 radical (unpaired) electrons. The molecule has 0 bridgehead atoms. The first-order chi connectivity index (χ1) is 9.61. The fourth-order valence-corrected chi connectivity index (χ4v) is 1.96. The van der Waals surface area contributed by atoms with Gasteiger partial charge >= 0.3 is 0 Å². The zero-order chi connectivity index (χ0) is 14.1. The summed E-state index contributed by atoms with van der Waals surface area (Å²) in [6.45, 7) is 1.79. The van der Waals surface area contributed by atoms with Crippen molar-refractivity contribution >= 4 is 0 Å². The Morgan fingerprint density at radius 3 is 2.70 bits per heavy atom. The van der Waals surface area contributed by atoms with Crippen LogP contribution in [0.2, 0.25) is 0 Å². The topological polar surface area (TPSA) is 59.2 Å². The third-order valence-electron chi connectivity index (χ3n) is 2.82. The lowest BCUT2D eigenvalue weighted by Crippen LogP contribution is -1.85. The molecule has 0 aliphatic rings. The number of hydrogen-bond donors (Lipinski definition) is 1. The maximum absolute atomic E-state index is 13.4. The number of aromatic hydroxyl groups is 1. The highest BCUT2D eigenvalue weighted by Crippen LogP contribution is 2.25. The summed E-state index contributed by atoms with van der Waals surface area (Å²) < 4.78 is 18.5. The molecular weight excluding hydrogens is 259 g/mol. The second-order valence-electron chi connectivity index (χ2n) is 4.49. The molecule has 1 N–H and O–H groups in total. The number of halogens is 1. The van der Waals surface area contributed by atoms with E-state index in [0.717, 1.165) is 5.56 Å². The molecule has 1 heterocycles. The quantitative estimate of drug-likeness (QED) is 0.773. The first kappa shape index (κ1) is 12.3. The van der Waals surface area contributed by atoms with Crippen molar-refractivity contribution in [3.05, 3.63) is 53.8 Å². The number of phenols is 1. The molecule has 0 atom stereocenters. The summed E-state index contributed by atoms with van der Waals surface area (Å²) in [7, 11) is 0. The van der Waals surface area contributed by atoms with Crippen molar-refractivity contribution in [2.45, 2.75) is 6.92 Å². The Balaban J connectivity index is 2.02. The summed E-state index contributed by atoms with van der Waals surface area (Å²) in [6.07, 6.45) is 0. The Kier molecular flexibility index (Phi) is 2.95. The highest BCUT2D eigenvalue weighted by molar-refractivity contribution is 5.61. The molecule has 0 aliphatic carbocycles. The number of benzene rings is 2. The molecule has 4 nitrogen and oxygen atoms in total. The Labute approximate surface area is 114 Å². The minimum Gasteiger partial charge on any atom is -0.508 e. The van der Waals surface area contributed by atoms with Gasteiger partial charge in [-0.3, -0.25) is 0 Å². The van der Waals surface area contributed by atoms with E-state index in [0.29, 0.717) is 17.0 Å². The van der Waals surface area contributed by atoms with Crippen LogP contribution in [-0.4, -0.2) is 15.2 Å². The van der Waals surface area contributed by atoms with Crippen LogP contribution in [0.4, 0.5) is 4.39 Å².